The lowest BCUT2D eigenvalue weighted by atomic mass is 9.84. The van der Waals surface area contributed by atoms with Crippen molar-refractivity contribution in [3.8, 4) is 0 Å². The predicted octanol–water partition coefficient (Wildman–Crippen LogP) is 4.78. The largest absolute Gasteiger partial charge is 0.316 e. The minimum absolute atomic E-state index is 0.279. The average molecular weight is 239 g/mol. The number of nitrogens with one attached hydrogen (secondary N) is 1. The molecule has 1 N–H and O–H groups in total. The Balaban J connectivity index is 3.73. The van der Waals surface area contributed by atoms with E-state index in [1.807, 2.05) is 0 Å². The van der Waals surface area contributed by atoms with Crippen LogP contribution in [0.4, 0.5) is 0 Å². The zero-order valence-corrected chi connectivity index (χ0v) is 12.5. The van der Waals surface area contributed by atoms with Gasteiger partial charge in [0.2, 0.25) is 0 Å². The standard InChI is InChI=1S/C16H33N/c1-6-8-9-10-11-12-16(5,7-2)14-17-13-15(3)4/h7,15,17H,2,6,8-14H2,1,3-5H3. The molecule has 0 aromatic rings. The van der Waals surface area contributed by atoms with Gasteiger partial charge in [-0.1, -0.05) is 65.9 Å². The molecule has 0 spiro atoms. The van der Waals surface area contributed by atoms with Crippen molar-refractivity contribution in [2.45, 2.75) is 66.2 Å². The van der Waals surface area contributed by atoms with E-state index in [1.54, 1.807) is 0 Å². The zero-order chi connectivity index (χ0) is 13.1. The number of unbranched alkanes of at least 4 members (excludes halogenated alkanes) is 4. The van der Waals surface area contributed by atoms with Crippen LogP contribution in [0.5, 0.6) is 0 Å². The Morgan fingerprint density at radius 1 is 1.18 bits per heavy atom. The van der Waals surface area contributed by atoms with Crippen LogP contribution in [0.15, 0.2) is 12.7 Å². The van der Waals surface area contributed by atoms with Crippen LogP contribution >= 0.6 is 0 Å². The molecule has 1 atom stereocenters. The summed E-state index contributed by atoms with van der Waals surface area (Å²) in [6.07, 6.45) is 10.2. The molecule has 0 saturated carbocycles. The normalized spacial score (nSPS) is 14.9. The number of hydrogen-bond donors (Lipinski definition) is 1. The van der Waals surface area contributed by atoms with E-state index in [0.717, 1.165) is 19.0 Å². The van der Waals surface area contributed by atoms with E-state index >= 15 is 0 Å². The van der Waals surface area contributed by atoms with Crippen molar-refractivity contribution >= 4 is 0 Å². The van der Waals surface area contributed by atoms with Gasteiger partial charge in [-0.3, -0.25) is 0 Å². The average Bonchev–Trinajstić information content (AvgIpc) is 2.28. The molecule has 17 heavy (non-hydrogen) atoms. The minimum Gasteiger partial charge on any atom is -0.316 e. The summed E-state index contributed by atoms with van der Waals surface area (Å²) in [6, 6.07) is 0. The maximum absolute atomic E-state index is 4.01. The lowest BCUT2D eigenvalue weighted by Crippen LogP contribution is -2.32. The second kappa shape index (κ2) is 9.70. The molecule has 1 unspecified atom stereocenters. The van der Waals surface area contributed by atoms with Crippen molar-refractivity contribution < 1.29 is 0 Å². The highest BCUT2D eigenvalue weighted by atomic mass is 14.9. The molecule has 0 aliphatic rings. The van der Waals surface area contributed by atoms with Gasteiger partial charge >= 0.3 is 0 Å². The van der Waals surface area contributed by atoms with Gasteiger partial charge in [0.1, 0.15) is 0 Å². The van der Waals surface area contributed by atoms with E-state index in [0.29, 0.717) is 0 Å². The topological polar surface area (TPSA) is 12.0 Å². The molecule has 0 saturated heterocycles. The van der Waals surface area contributed by atoms with E-state index < -0.39 is 0 Å². The Kier molecular flexibility index (Phi) is 9.53. The Morgan fingerprint density at radius 3 is 2.35 bits per heavy atom. The van der Waals surface area contributed by atoms with Crippen molar-refractivity contribution in [1.29, 1.82) is 0 Å². The van der Waals surface area contributed by atoms with Gasteiger partial charge in [0.15, 0.2) is 0 Å². The van der Waals surface area contributed by atoms with Crippen LogP contribution in [0.2, 0.25) is 0 Å². The van der Waals surface area contributed by atoms with Gasteiger partial charge in [0.25, 0.3) is 0 Å². The first-order valence-electron chi connectivity index (χ1n) is 7.38. The van der Waals surface area contributed by atoms with Gasteiger partial charge in [-0.25, -0.2) is 0 Å². The molecule has 0 heterocycles. The van der Waals surface area contributed by atoms with E-state index in [-0.39, 0.29) is 5.41 Å². The molecule has 0 bridgehead atoms. The van der Waals surface area contributed by atoms with Crippen LogP contribution in [0.25, 0.3) is 0 Å². The SMILES string of the molecule is C=CC(C)(CCCCCCC)CNCC(C)C. The minimum atomic E-state index is 0.279. The molecule has 0 aliphatic heterocycles. The predicted molar refractivity (Wildman–Crippen MR) is 79.4 cm³/mol. The van der Waals surface area contributed by atoms with Crippen molar-refractivity contribution in [3.05, 3.63) is 12.7 Å². The van der Waals surface area contributed by atoms with Crippen molar-refractivity contribution in [2.75, 3.05) is 13.1 Å². The van der Waals surface area contributed by atoms with Crippen molar-refractivity contribution in [3.63, 3.8) is 0 Å². The molecular weight excluding hydrogens is 206 g/mol. The Labute approximate surface area is 109 Å². The summed E-state index contributed by atoms with van der Waals surface area (Å²) in [6.45, 7) is 15.3. The van der Waals surface area contributed by atoms with Gasteiger partial charge in [-0.05, 0) is 24.3 Å². The third-order valence-corrected chi connectivity index (χ3v) is 3.43. The Morgan fingerprint density at radius 2 is 1.82 bits per heavy atom. The maximum atomic E-state index is 4.01. The Bertz CT molecular complexity index is 186. The second-order valence-electron chi connectivity index (χ2n) is 6.05. The quantitative estimate of drug-likeness (QED) is 0.404. The summed E-state index contributed by atoms with van der Waals surface area (Å²) >= 11 is 0. The molecule has 0 aromatic heterocycles. The summed E-state index contributed by atoms with van der Waals surface area (Å²) in [5, 5.41) is 3.56. The monoisotopic (exact) mass is 239 g/mol. The van der Waals surface area contributed by atoms with E-state index in [4.69, 9.17) is 0 Å². The second-order valence-corrected chi connectivity index (χ2v) is 6.05. The van der Waals surface area contributed by atoms with Crippen molar-refractivity contribution in [1.82, 2.24) is 5.32 Å². The number of hydrogen-bond acceptors (Lipinski definition) is 1. The fourth-order valence-electron chi connectivity index (χ4n) is 2.04. The van der Waals surface area contributed by atoms with Crippen molar-refractivity contribution in [2.24, 2.45) is 11.3 Å². The van der Waals surface area contributed by atoms with Gasteiger partial charge in [0, 0.05) is 6.54 Å². The van der Waals surface area contributed by atoms with Crippen LogP contribution < -0.4 is 5.32 Å². The molecular formula is C16H33N. The molecule has 0 fully saturated rings. The van der Waals surface area contributed by atoms with Crippen LogP contribution in [0.3, 0.4) is 0 Å². The fourth-order valence-corrected chi connectivity index (χ4v) is 2.04. The summed E-state index contributed by atoms with van der Waals surface area (Å²) in [5.74, 6) is 0.730. The third kappa shape index (κ3) is 9.41. The lowest BCUT2D eigenvalue weighted by Gasteiger charge is -2.26. The highest BCUT2D eigenvalue weighted by Gasteiger charge is 2.19. The van der Waals surface area contributed by atoms with Crippen LogP contribution in [0, 0.1) is 11.3 Å². The Hall–Kier alpha value is -0.300. The van der Waals surface area contributed by atoms with E-state index in [2.05, 4.69) is 45.7 Å². The van der Waals surface area contributed by atoms with E-state index in [9.17, 15) is 0 Å². The fraction of sp³-hybridized carbons (Fsp3) is 0.875. The first kappa shape index (κ1) is 16.7. The molecule has 0 aliphatic carbocycles. The molecule has 0 amide bonds. The summed E-state index contributed by atoms with van der Waals surface area (Å²) in [7, 11) is 0. The summed E-state index contributed by atoms with van der Waals surface area (Å²) in [4.78, 5) is 0. The zero-order valence-electron chi connectivity index (χ0n) is 12.5. The lowest BCUT2D eigenvalue weighted by molar-refractivity contribution is 0.340. The van der Waals surface area contributed by atoms with Gasteiger partial charge in [-0.15, -0.1) is 6.58 Å². The van der Waals surface area contributed by atoms with Gasteiger partial charge < -0.3 is 5.32 Å². The maximum Gasteiger partial charge on any atom is 0.00399 e. The molecule has 102 valence electrons. The third-order valence-electron chi connectivity index (χ3n) is 3.43. The molecule has 1 nitrogen and oxygen atoms in total. The first-order chi connectivity index (χ1) is 8.04. The molecule has 1 heteroatoms. The highest BCUT2D eigenvalue weighted by Crippen LogP contribution is 2.25. The highest BCUT2D eigenvalue weighted by molar-refractivity contribution is 4.92. The van der Waals surface area contributed by atoms with E-state index in [1.165, 1.54) is 38.5 Å². The smallest absolute Gasteiger partial charge is 0.00399 e. The van der Waals surface area contributed by atoms with Gasteiger partial charge in [0.05, 0.1) is 0 Å². The first-order valence-corrected chi connectivity index (χ1v) is 7.38. The summed E-state index contributed by atoms with van der Waals surface area (Å²) in [5.41, 5.74) is 0.279. The summed E-state index contributed by atoms with van der Waals surface area (Å²) < 4.78 is 0. The molecule has 0 rings (SSSR count). The molecule has 0 aromatic carbocycles. The van der Waals surface area contributed by atoms with Crippen LogP contribution in [-0.2, 0) is 0 Å². The molecule has 0 radical (unpaired) electrons. The van der Waals surface area contributed by atoms with Crippen LogP contribution in [0.1, 0.15) is 66.2 Å². The van der Waals surface area contributed by atoms with Crippen LogP contribution in [-0.4, -0.2) is 13.1 Å². The van der Waals surface area contributed by atoms with Gasteiger partial charge in [-0.2, -0.15) is 0 Å². The number of rotatable bonds is 11.